The Morgan fingerprint density at radius 2 is 2.12 bits per heavy atom. The highest BCUT2D eigenvalue weighted by Gasteiger charge is 2.31. The highest BCUT2D eigenvalue weighted by molar-refractivity contribution is 5.92. The number of carbonyl (C=O) groups is 1. The molecule has 2 aromatic rings. The summed E-state index contributed by atoms with van der Waals surface area (Å²) in [5, 5.41) is 0.515. The van der Waals surface area contributed by atoms with Crippen molar-refractivity contribution in [3.8, 4) is 0 Å². The molecule has 1 aliphatic rings. The van der Waals surface area contributed by atoms with Gasteiger partial charge in [-0.25, -0.2) is 0 Å². The van der Waals surface area contributed by atoms with Crippen LogP contribution in [0.2, 0.25) is 0 Å². The number of rotatable bonds is 4. The number of alkyl halides is 3. The minimum absolute atomic E-state index is 0.311. The van der Waals surface area contributed by atoms with E-state index in [1.165, 1.54) is 12.1 Å². The second kappa shape index (κ2) is 7.13. The van der Waals surface area contributed by atoms with Crippen molar-refractivity contribution in [3.05, 3.63) is 35.5 Å². The summed E-state index contributed by atoms with van der Waals surface area (Å²) >= 11 is 0. The summed E-state index contributed by atoms with van der Waals surface area (Å²) in [5.74, 6) is -0.00674. The molecule has 2 heterocycles. The normalized spacial score (nSPS) is 18.3. The highest BCUT2D eigenvalue weighted by Crippen LogP contribution is 2.36. The van der Waals surface area contributed by atoms with Crippen LogP contribution in [-0.4, -0.2) is 24.0 Å². The zero-order chi connectivity index (χ0) is 18.9. The van der Waals surface area contributed by atoms with Crippen molar-refractivity contribution in [1.82, 2.24) is 4.98 Å². The summed E-state index contributed by atoms with van der Waals surface area (Å²) < 4.78 is 39.4. The zero-order valence-electron chi connectivity index (χ0n) is 14.6. The van der Waals surface area contributed by atoms with Gasteiger partial charge in [0.15, 0.2) is 0 Å². The third-order valence-electron chi connectivity index (χ3n) is 4.90. The van der Waals surface area contributed by atoms with E-state index >= 15 is 0 Å². The highest BCUT2D eigenvalue weighted by atomic mass is 19.4. The molecule has 0 radical (unpaired) electrons. The summed E-state index contributed by atoms with van der Waals surface area (Å²) in [6.45, 7) is 3.33. The van der Waals surface area contributed by atoms with E-state index in [0.29, 0.717) is 36.2 Å². The number of aryl methyl sites for hydroxylation is 1. The van der Waals surface area contributed by atoms with Gasteiger partial charge in [0.1, 0.15) is 0 Å². The van der Waals surface area contributed by atoms with Crippen LogP contribution in [-0.2, 0) is 11.0 Å². The quantitative estimate of drug-likeness (QED) is 0.889. The molecule has 7 heteroatoms. The number of anilines is 1. The molecule has 0 aliphatic carbocycles. The van der Waals surface area contributed by atoms with Gasteiger partial charge in [-0.15, -0.1) is 0 Å². The maximum Gasteiger partial charge on any atom is 0.416 e. The van der Waals surface area contributed by atoms with E-state index in [0.717, 1.165) is 36.8 Å². The van der Waals surface area contributed by atoms with Crippen molar-refractivity contribution >= 4 is 22.5 Å². The van der Waals surface area contributed by atoms with Gasteiger partial charge in [0.2, 0.25) is 5.91 Å². The van der Waals surface area contributed by atoms with E-state index in [1.54, 1.807) is 0 Å². The first-order valence-corrected chi connectivity index (χ1v) is 8.76. The van der Waals surface area contributed by atoms with Gasteiger partial charge < -0.3 is 10.6 Å². The second-order valence-corrected chi connectivity index (χ2v) is 6.97. The van der Waals surface area contributed by atoms with Crippen molar-refractivity contribution < 1.29 is 18.0 Å². The molecule has 1 aliphatic heterocycles. The molecule has 1 aromatic heterocycles. The van der Waals surface area contributed by atoms with Crippen LogP contribution in [0.3, 0.4) is 0 Å². The Bertz CT molecular complexity index is 820. The first kappa shape index (κ1) is 18.5. The van der Waals surface area contributed by atoms with Gasteiger partial charge in [-0.1, -0.05) is 0 Å². The summed E-state index contributed by atoms with van der Waals surface area (Å²) in [6.07, 6.45) is -1.40. The van der Waals surface area contributed by atoms with Crippen molar-refractivity contribution in [2.24, 2.45) is 11.7 Å². The molecule has 2 N–H and O–H groups in total. The Morgan fingerprint density at radius 1 is 1.35 bits per heavy atom. The molecule has 3 rings (SSSR count). The second-order valence-electron chi connectivity index (χ2n) is 6.97. The largest absolute Gasteiger partial charge is 0.416 e. The summed E-state index contributed by atoms with van der Waals surface area (Å²) in [6, 6.07) is 5.54. The predicted molar refractivity (Wildman–Crippen MR) is 94.8 cm³/mol. The van der Waals surface area contributed by atoms with Crippen molar-refractivity contribution in [3.63, 3.8) is 0 Å². The van der Waals surface area contributed by atoms with Crippen LogP contribution in [0.5, 0.6) is 0 Å². The molecule has 1 saturated heterocycles. The fourth-order valence-corrected chi connectivity index (χ4v) is 3.64. The van der Waals surface area contributed by atoms with E-state index in [1.807, 2.05) is 13.0 Å². The van der Waals surface area contributed by atoms with Gasteiger partial charge >= 0.3 is 6.18 Å². The lowest BCUT2D eigenvalue weighted by Crippen LogP contribution is -2.36. The van der Waals surface area contributed by atoms with E-state index in [9.17, 15) is 18.0 Å². The van der Waals surface area contributed by atoms with Crippen LogP contribution in [0.1, 0.15) is 36.9 Å². The van der Waals surface area contributed by atoms with Crippen LogP contribution in [0.25, 0.3) is 10.9 Å². The number of halogens is 3. The predicted octanol–water partition coefficient (Wildman–Crippen LogP) is 4.04. The van der Waals surface area contributed by atoms with E-state index in [-0.39, 0.29) is 5.91 Å². The monoisotopic (exact) mass is 365 g/mol. The average molecular weight is 365 g/mol. The lowest BCUT2D eigenvalue weighted by Gasteiger charge is -2.35. The number of hydrogen-bond donors (Lipinski definition) is 1. The number of carbonyl (C=O) groups excluding carboxylic acids is 1. The summed E-state index contributed by atoms with van der Waals surface area (Å²) in [4.78, 5) is 17.5. The molecular weight excluding hydrogens is 343 g/mol. The van der Waals surface area contributed by atoms with Crippen molar-refractivity contribution in [1.29, 1.82) is 0 Å². The van der Waals surface area contributed by atoms with Gasteiger partial charge in [-0.2, -0.15) is 13.2 Å². The van der Waals surface area contributed by atoms with Gasteiger partial charge in [0.05, 0.1) is 11.1 Å². The lowest BCUT2D eigenvalue weighted by atomic mass is 9.92. The number of hydrogen-bond acceptors (Lipinski definition) is 3. The lowest BCUT2D eigenvalue weighted by molar-refractivity contribution is -0.137. The minimum Gasteiger partial charge on any atom is -0.371 e. The van der Waals surface area contributed by atoms with Gasteiger partial charge in [0, 0.05) is 36.3 Å². The third kappa shape index (κ3) is 4.08. The van der Waals surface area contributed by atoms with Crippen molar-refractivity contribution in [2.45, 2.75) is 38.8 Å². The van der Waals surface area contributed by atoms with Gasteiger partial charge in [-0.05, 0) is 56.4 Å². The van der Waals surface area contributed by atoms with Crippen LogP contribution >= 0.6 is 0 Å². The van der Waals surface area contributed by atoms with Gasteiger partial charge in [0.25, 0.3) is 0 Å². The molecular formula is C19H22F3N3O. The fourth-order valence-electron chi connectivity index (χ4n) is 3.64. The number of benzene rings is 1. The Morgan fingerprint density at radius 3 is 2.81 bits per heavy atom. The van der Waals surface area contributed by atoms with E-state index in [2.05, 4.69) is 9.88 Å². The number of pyridine rings is 1. The molecule has 1 amide bonds. The molecule has 0 saturated carbocycles. The zero-order valence-corrected chi connectivity index (χ0v) is 14.6. The molecule has 0 bridgehead atoms. The number of fused-ring (bicyclic) bond motifs is 1. The molecule has 140 valence electrons. The Hall–Kier alpha value is -2.31. The Balaban J connectivity index is 1.96. The average Bonchev–Trinajstić information content (AvgIpc) is 2.58. The standard InChI is InChI=1S/C19H22F3N3O/c1-12-9-17(25-8-2-3-13(11-25)4-7-18(23)26)15-10-14(19(20,21)22)5-6-16(15)24-12/h5-6,9-10,13H,2-4,7-8,11H2,1H3,(H2,23,26). The Labute approximate surface area is 150 Å². The smallest absolute Gasteiger partial charge is 0.371 e. The Kier molecular flexibility index (Phi) is 5.07. The maximum absolute atomic E-state index is 13.1. The maximum atomic E-state index is 13.1. The number of piperidine rings is 1. The van der Waals surface area contributed by atoms with E-state index in [4.69, 9.17) is 5.73 Å². The first-order chi connectivity index (χ1) is 12.2. The molecule has 1 atom stereocenters. The fraction of sp³-hybridized carbons (Fsp3) is 0.474. The van der Waals surface area contributed by atoms with Crippen LogP contribution < -0.4 is 10.6 Å². The third-order valence-corrected chi connectivity index (χ3v) is 4.90. The first-order valence-electron chi connectivity index (χ1n) is 8.76. The number of nitrogens with zero attached hydrogens (tertiary/aromatic N) is 2. The van der Waals surface area contributed by atoms with Crippen molar-refractivity contribution in [2.75, 3.05) is 18.0 Å². The van der Waals surface area contributed by atoms with Gasteiger partial charge in [-0.3, -0.25) is 9.78 Å². The van der Waals surface area contributed by atoms with Crippen LogP contribution in [0.15, 0.2) is 24.3 Å². The molecule has 4 nitrogen and oxygen atoms in total. The molecule has 0 spiro atoms. The summed E-state index contributed by atoms with van der Waals surface area (Å²) in [7, 11) is 0. The molecule has 26 heavy (non-hydrogen) atoms. The van der Waals surface area contributed by atoms with E-state index < -0.39 is 11.7 Å². The molecule has 1 fully saturated rings. The minimum atomic E-state index is -4.39. The van der Waals surface area contributed by atoms with Crippen LogP contribution in [0.4, 0.5) is 18.9 Å². The molecule has 1 unspecified atom stereocenters. The molecule has 1 aromatic carbocycles. The number of primary amides is 1. The summed E-state index contributed by atoms with van der Waals surface area (Å²) in [5.41, 5.74) is 6.68. The number of amides is 1. The number of aromatic nitrogens is 1. The SMILES string of the molecule is Cc1cc(N2CCCC(CCC(N)=O)C2)c2cc(C(F)(F)F)ccc2n1. The number of nitrogens with two attached hydrogens (primary N) is 1. The topological polar surface area (TPSA) is 59.2 Å². The van der Waals surface area contributed by atoms with Crippen LogP contribution in [0, 0.1) is 12.8 Å².